The maximum absolute atomic E-state index is 12.8. The zero-order chi connectivity index (χ0) is 22.2. The van der Waals surface area contributed by atoms with Gasteiger partial charge in [0.15, 0.2) is 17.2 Å². The molecule has 4 heterocycles. The van der Waals surface area contributed by atoms with E-state index in [4.69, 9.17) is 0 Å². The third-order valence-corrected chi connectivity index (χ3v) is 5.41. The molecule has 0 saturated carbocycles. The van der Waals surface area contributed by atoms with E-state index >= 15 is 0 Å². The number of rotatable bonds is 5. The van der Waals surface area contributed by atoms with E-state index in [0.717, 1.165) is 22.5 Å². The predicted octanol–water partition coefficient (Wildman–Crippen LogP) is 3.24. The van der Waals surface area contributed by atoms with Gasteiger partial charge in [0.1, 0.15) is 0 Å². The van der Waals surface area contributed by atoms with Gasteiger partial charge in [-0.25, -0.2) is 9.50 Å². The van der Waals surface area contributed by atoms with Crippen LogP contribution in [0.3, 0.4) is 0 Å². The number of hydrogen-bond donors (Lipinski definition) is 1. The van der Waals surface area contributed by atoms with Crippen LogP contribution in [0.25, 0.3) is 16.9 Å². The predicted molar refractivity (Wildman–Crippen MR) is 120 cm³/mol. The van der Waals surface area contributed by atoms with Crippen molar-refractivity contribution in [1.29, 1.82) is 0 Å². The van der Waals surface area contributed by atoms with Crippen molar-refractivity contribution in [2.45, 2.75) is 20.4 Å². The monoisotopic (exact) mass is 426 g/mol. The molecular formula is C23H22N8O. The van der Waals surface area contributed by atoms with Crippen LogP contribution in [0.4, 0.5) is 5.82 Å². The van der Waals surface area contributed by atoms with Crippen molar-refractivity contribution < 1.29 is 4.79 Å². The first-order valence-electron chi connectivity index (χ1n) is 10.2. The van der Waals surface area contributed by atoms with Crippen molar-refractivity contribution in [2.75, 3.05) is 5.32 Å². The maximum atomic E-state index is 12.8. The van der Waals surface area contributed by atoms with Crippen molar-refractivity contribution in [3.05, 3.63) is 83.6 Å². The Labute approximate surface area is 184 Å². The normalized spacial score (nSPS) is 11.2. The lowest BCUT2D eigenvalue weighted by atomic mass is 10.1. The summed E-state index contributed by atoms with van der Waals surface area (Å²) in [6.07, 6.45) is 5.33. The maximum Gasteiger partial charge on any atom is 0.277 e. The Balaban J connectivity index is 1.37. The third-order valence-electron chi connectivity index (χ3n) is 5.41. The molecule has 0 aliphatic heterocycles. The van der Waals surface area contributed by atoms with Gasteiger partial charge in [-0.15, -0.1) is 0 Å². The minimum absolute atomic E-state index is 0.264. The van der Waals surface area contributed by atoms with E-state index in [0.29, 0.717) is 18.0 Å². The van der Waals surface area contributed by atoms with Gasteiger partial charge in [0.25, 0.3) is 5.91 Å². The molecule has 32 heavy (non-hydrogen) atoms. The van der Waals surface area contributed by atoms with Crippen LogP contribution in [0.15, 0.2) is 61.1 Å². The molecule has 1 amide bonds. The van der Waals surface area contributed by atoms with Crippen LogP contribution in [-0.2, 0) is 13.6 Å². The minimum atomic E-state index is -0.342. The Morgan fingerprint density at radius 2 is 1.97 bits per heavy atom. The van der Waals surface area contributed by atoms with Gasteiger partial charge in [0.05, 0.1) is 18.4 Å². The van der Waals surface area contributed by atoms with E-state index in [1.165, 1.54) is 5.56 Å². The van der Waals surface area contributed by atoms with Gasteiger partial charge >= 0.3 is 0 Å². The molecule has 1 N–H and O–H groups in total. The number of carbonyl (C=O) groups is 1. The van der Waals surface area contributed by atoms with Crippen LogP contribution in [0.5, 0.6) is 0 Å². The second kappa shape index (κ2) is 7.77. The first-order chi connectivity index (χ1) is 15.5. The molecule has 5 rings (SSSR count). The van der Waals surface area contributed by atoms with E-state index in [2.05, 4.69) is 50.7 Å². The summed E-state index contributed by atoms with van der Waals surface area (Å²) in [7, 11) is 1.89. The lowest BCUT2D eigenvalue weighted by Crippen LogP contribution is -2.13. The van der Waals surface area contributed by atoms with Crippen LogP contribution in [0.1, 0.15) is 27.3 Å². The summed E-state index contributed by atoms with van der Waals surface area (Å²) in [5.41, 5.74) is 5.95. The number of aromatic nitrogens is 7. The largest absolute Gasteiger partial charge is 0.304 e. The number of fused-ring (bicyclic) bond motifs is 1. The van der Waals surface area contributed by atoms with E-state index < -0.39 is 0 Å². The SMILES string of the molecule is Cc1cccc(Cn2ccc(NC(=O)c3cc4nccc(-c5cnn(C)c5C)n4n3)n2)c1. The van der Waals surface area contributed by atoms with Gasteiger partial charge in [-0.2, -0.15) is 15.3 Å². The Hall–Kier alpha value is -4.27. The number of amides is 1. The summed E-state index contributed by atoms with van der Waals surface area (Å²) < 4.78 is 5.25. The number of nitrogens with one attached hydrogen (secondary N) is 1. The molecular weight excluding hydrogens is 404 g/mol. The number of hydrogen-bond acceptors (Lipinski definition) is 5. The topological polar surface area (TPSA) is 94.9 Å². The van der Waals surface area contributed by atoms with E-state index in [-0.39, 0.29) is 11.6 Å². The zero-order valence-electron chi connectivity index (χ0n) is 18.0. The van der Waals surface area contributed by atoms with Crippen LogP contribution in [0.2, 0.25) is 0 Å². The summed E-state index contributed by atoms with van der Waals surface area (Å²) in [5.74, 6) is 0.126. The average Bonchev–Trinajstić information content (AvgIpc) is 3.48. The van der Waals surface area contributed by atoms with Crippen LogP contribution in [-0.4, -0.2) is 40.1 Å². The fraction of sp³-hybridized carbons (Fsp3) is 0.174. The van der Waals surface area contributed by atoms with E-state index in [1.54, 1.807) is 38.4 Å². The molecule has 0 aliphatic carbocycles. The second-order valence-corrected chi connectivity index (χ2v) is 7.74. The molecule has 0 bridgehead atoms. The Morgan fingerprint density at radius 1 is 1.09 bits per heavy atom. The molecule has 1 aromatic carbocycles. The molecule has 0 aliphatic rings. The van der Waals surface area contributed by atoms with Gasteiger partial charge in [0.2, 0.25) is 0 Å². The molecule has 0 unspecified atom stereocenters. The quantitative estimate of drug-likeness (QED) is 0.466. The highest BCUT2D eigenvalue weighted by Gasteiger charge is 2.17. The Kier molecular flexibility index (Phi) is 4.78. The van der Waals surface area contributed by atoms with Crippen molar-refractivity contribution in [3.8, 4) is 11.3 Å². The number of benzene rings is 1. The molecule has 9 nitrogen and oxygen atoms in total. The van der Waals surface area contributed by atoms with Crippen molar-refractivity contribution in [3.63, 3.8) is 0 Å². The zero-order valence-corrected chi connectivity index (χ0v) is 18.0. The van der Waals surface area contributed by atoms with Crippen molar-refractivity contribution in [1.82, 2.24) is 34.2 Å². The van der Waals surface area contributed by atoms with Crippen LogP contribution in [0, 0.1) is 13.8 Å². The fourth-order valence-corrected chi connectivity index (χ4v) is 3.65. The highest BCUT2D eigenvalue weighted by Crippen LogP contribution is 2.23. The number of carbonyl (C=O) groups excluding carboxylic acids is 1. The molecule has 0 saturated heterocycles. The first-order valence-corrected chi connectivity index (χ1v) is 10.2. The van der Waals surface area contributed by atoms with E-state index in [1.807, 2.05) is 32.3 Å². The standard InChI is InChI=1S/C23H22N8O/c1-15-5-4-6-17(11-15)14-30-10-8-21(28-30)26-23(32)19-12-22-24-9-7-20(31(22)27-19)18-13-25-29(3)16(18)2/h4-13H,14H2,1-3H3,(H,26,28,32). The molecule has 9 heteroatoms. The fourth-order valence-electron chi connectivity index (χ4n) is 3.65. The molecule has 4 aromatic heterocycles. The second-order valence-electron chi connectivity index (χ2n) is 7.74. The molecule has 160 valence electrons. The lowest BCUT2D eigenvalue weighted by molar-refractivity contribution is 0.102. The van der Waals surface area contributed by atoms with Crippen LogP contribution >= 0.6 is 0 Å². The third kappa shape index (κ3) is 3.64. The van der Waals surface area contributed by atoms with Gasteiger partial charge in [-0.1, -0.05) is 29.8 Å². The summed E-state index contributed by atoms with van der Waals surface area (Å²) in [4.78, 5) is 17.2. The summed E-state index contributed by atoms with van der Waals surface area (Å²) in [6.45, 7) is 4.67. The summed E-state index contributed by atoms with van der Waals surface area (Å²) >= 11 is 0. The van der Waals surface area contributed by atoms with Gasteiger partial charge < -0.3 is 5.32 Å². The van der Waals surface area contributed by atoms with E-state index in [9.17, 15) is 4.79 Å². The smallest absolute Gasteiger partial charge is 0.277 e. The summed E-state index contributed by atoms with van der Waals surface area (Å²) in [5, 5.41) is 16.1. The summed E-state index contributed by atoms with van der Waals surface area (Å²) in [6, 6.07) is 13.5. The van der Waals surface area contributed by atoms with Crippen molar-refractivity contribution in [2.24, 2.45) is 7.05 Å². The Morgan fingerprint density at radius 3 is 2.75 bits per heavy atom. The minimum Gasteiger partial charge on any atom is -0.304 e. The lowest BCUT2D eigenvalue weighted by Gasteiger charge is -2.04. The average molecular weight is 426 g/mol. The molecule has 0 radical (unpaired) electrons. The number of aryl methyl sites for hydroxylation is 2. The number of anilines is 1. The molecule has 5 aromatic rings. The van der Waals surface area contributed by atoms with Crippen LogP contribution < -0.4 is 5.32 Å². The molecule has 0 atom stereocenters. The van der Waals surface area contributed by atoms with Gasteiger partial charge in [-0.3, -0.25) is 14.2 Å². The molecule has 0 spiro atoms. The number of nitrogens with zero attached hydrogens (tertiary/aromatic N) is 7. The first kappa shape index (κ1) is 19.7. The highest BCUT2D eigenvalue weighted by atomic mass is 16.2. The Bertz CT molecular complexity index is 1440. The molecule has 0 fully saturated rings. The highest BCUT2D eigenvalue weighted by molar-refractivity contribution is 6.03. The van der Waals surface area contributed by atoms with Gasteiger partial charge in [-0.05, 0) is 25.5 Å². The van der Waals surface area contributed by atoms with Gasteiger partial charge in [0, 0.05) is 42.8 Å². The van der Waals surface area contributed by atoms with Crippen molar-refractivity contribution >= 4 is 17.4 Å².